The molecule has 0 bridgehead atoms. The normalized spacial score (nSPS) is 15.5. The lowest BCUT2D eigenvalue weighted by Crippen LogP contribution is -2.44. The van der Waals surface area contributed by atoms with Crippen LogP contribution in [0.3, 0.4) is 0 Å². The molecule has 2 aromatic carbocycles. The van der Waals surface area contributed by atoms with Crippen molar-refractivity contribution >= 4 is 23.2 Å². The van der Waals surface area contributed by atoms with Gasteiger partial charge in [0.15, 0.2) is 0 Å². The number of ether oxygens (including phenoxy) is 1. The second kappa shape index (κ2) is 8.63. The number of hydrogen-bond acceptors (Lipinski definition) is 4. The minimum absolute atomic E-state index is 0.146. The number of aryl methyl sites for hydroxylation is 1. The second-order valence-electron chi connectivity index (χ2n) is 7.09. The lowest BCUT2D eigenvalue weighted by Gasteiger charge is -2.32. The third kappa shape index (κ3) is 4.93. The van der Waals surface area contributed by atoms with E-state index in [0.29, 0.717) is 22.0 Å². The fourth-order valence-corrected chi connectivity index (χ4v) is 3.65. The summed E-state index contributed by atoms with van der Waals surface area (Å²) < 4.78 is 5.28. The van der Waals surface area contributed by atoms with Crippen molar-refractivity contribution in [2.24, 2.45) is 0 Å². The van der Waals surface area contributed by atoms with Crippen LogP contribution in [-0.2, 0) is 6.54 Å². The summed E-state index contributed by atoms with van der Waals surface area (Å²) in [6.07, 6.45) is 1.84. The Balaban J connectivity index is 1.56. The molecule has 0 spiro atoms. The van der Waals surface area contributed by atoms with E-state index in [1.54, 1.807) is 12.1 Å². The second-order valence-corrected chi connectivity index (χ2v) is 7.49. The van der Waals surface area contributed by atoms with Gasteiger partial charge in [-0.1, -0.05) is 41.4 Å². The highest BCUT2D eigenvalue weighted by atomic mass is 35.5. The number of halogens is 1. The van der Waals surface area contributed by atoms with Crippen molar-refractivity contribution in [2.75, 3.05) is 25.9 Å². The molecule has 1 aliphatic heterocycles. The van der Waals surface area contributed by atoms with Gasteiger partial charge in [-0.2, -0.15) is 0 Å². The van der Waals surface area contributed by atoms with E-state index < -0.39 is 0 Å². The molecule has 2 aromatic rings. The maximum Gasteiger partial charge on any atom is 0.255 e. The van der Waals surface area contributed by atoms with Gasteiger partial charge in [0, 0.05) is 31.7 Å². The highest BCUT2D eigenvalue weighted by Crippen LogP contribution is 2.29. The summed E-state index contributed by atoms with van der Waals surface area (Å²) in [5.41, 5.74) is 9.22. The van der Waals surface area contributed by atoms with E-state index in [4.69, 9.17) is 22.1 Å². The predicted molar refractivity (Wildman–Crippen MR) is 109 cm³/mol. The molecule has 1 saturated heterocycles. The van der Waals surface area contributed by atoms with E-state index in [9.17, 15) is 4.79 Å². The van der Waals surface area contributed by atoms with Gasteiger partial charge in [-0.3, -0.25) is 9.69 Å². The first-order chi connectivity index (χ1) is 13.0. The smallest absolute Gasteiger partial charge is 0.255 e. The number of hydrogen-bond donors (Lipinski definition) is 2. The molecule has 3 rings (SSSR count). The first-order valence-corrected chi connectivity index (χ1v) is 9.56. The lowest BCUT2D eigenvalue weighted by atomic mass is 10.0. The maximum absolute atomic E-state index is 12.7. The minimum atomic E-state index is -0.175. The molecule has 0 saturated carbocycles. The largest absolute Gasteiger partial charge is 0.496 e. The van der Waals surface area contributed by atoms with Crippen molar-refractivity contribution in [2.45, 2.75) is 32.4 Å². The topological polar surface area (TPSA) is 67.6 Å². The Kier molecular flexibility index (Phi) is 6.24. The van der Waals surface area contributed by atoms with Crippen molar-refractivity contribution in [3.05, 3.63) is 58.1 Å². The van der Waals surface area contributed by atoms with Gasteiger partial charge in [-0.15, -0.1) is 0 Å². The number of nitrogens with zero attached hydrogens (tertiary/aromatic N) is 1. The van der Waals surface area contributed by atoms with E-state index in [1.165, 1.54) is 18.2 Å². The van der Waals surface area contributed by atoms with Crippen molar-refractivity contribution in [3.8, 4) is 5.75 Å². The molecule has 1 fully saturated rings. The van der Waals surface area contributed by atoms with Gasteiger partial charge in [0.05, 0.1) is 23.4 Å². The number of nitrogen functional groups attached to an aromatic ring is 1. The quantitative estimate of drug-likeness (QED) is 0.769. The molecule has 0 aliphatic carbocycles. The Bertz CT molecular complexity index is 817. The molecular formula is C21H26ClN3O2. The third-order valence-electron chi connectivity index (χ3n) is 4.97. The Morgan fingerprint density at radius 1 is 1.30 bits per heavy atom. The fraction of sp³-hybridized carbons (Fsp3) is 0.381. The summed E-state index contributed by atoms with van der Waals surface area (Å²) in [6.45, 7) is 4.98. The third-order valence-corrected chi connectivity index (χ3v) is 5.30. The van der Waals surface area contributed by atoms with Crippen molar-refractivity contribution in [1.82, 2.24) is 10.2 Å². The monoisotopic (exact) mass is 387 g/mol. The number of anilines is 1. The van der Waals surface area contributed by atoms with E-state index in [2.05, 4.69) is 41.4 Å². The average Bonchev–Trinajstić information content (AvgIpc) is 2.65. The molecule has 1 heterocycles. The summed E-state index contributed by atoms with van der Waals surface area (Å²) >= 11 is 6.07. The summed E-state index contributed by atoms with van der Waals surface area (Å²) in [5, 5.41) is 3.46. The lowest BCUT2D eigenvalue weighted by molar-refractivity contribution is 0.0906. The first kappa shape index (κ1) is 19.5. The number of likely N-dealkylation sites (tertiary alicyclic amines) is 1. The van der Waals surface area contributed by atoms with Gasteiger partial charge >= 0.3 is 0 Å². The molecule has 6 heteroatoms. The molecule has 0 aromatic heterocycles. The molecule has 144 valence electrons. The van der Waals surface area contributed by atoms with Gasteiger partial charge in [-0.25, -0.2) is 0 Å². The predicted octanol–water partition coefficient (Wildman–Crippen LogP) is 3.63. The molecule has 1 aliphatic rings. The van der Waals surface area contributed by atoms with Gasteiger partial charge < -0.3 is 15.8 Å². The Hall–Kier alpha value is -2.24. The van der Waals surface area contributed by atoms with E-state index in [0.717, 1.165) is 32.5 Å². The average molecular weight is 388 g/mol. The summed E-state index contributed by atoms with van der Waals surface area (Å²) in [6, 6.07) is 11.9. The standard InChI is InChI=1S/C21H26ClN3O2/c1-14-4-3-5-15(10-14)13-25-8-6-16(7-9-25)24-21(26)17-11-18(22)19(23)12-20(17)27-2/h3-5,10-12,16H,6-9,13,23H2,1-2H3,(H,24,26). The van der Waals surface area contributed by atoms with Gasteiger partial charge in [-0.05, 0) is 31.4 Å². The summed E-state index contributed by atoms with van der Waals surface area (Å²) in [7, 11) is 1.52. The number of carbonyl (C=O) groups excluding carboxylic acids is 1. The number of rotatable bonds is 5. The van der Waals surface area contributed by atoms with Crippen LogP contribution < -0.4 is 15.8 Å². The highest BCUT2D eigenvalue weighted by Gasteiger charge is 2.23. The van der Waals surface area contributed by atoms with E-state index in [1.807, 2.05) is 0 Å². The zero-order valence-electron chi connectivity index (χ0n) is 15.8. The molecule has 0 atom stereocenters. The molecule has 3 N–H and O–H groups in total. The van der Waals surface area contributed by atoms with Crippen LogP contribution in [0.5, 0.6) is 5.75 Å². The van der Waals surface area contributed by atoms with Gasteiger partial charge in [0.25, 0.3) is 5.91 Å². The zero-order valence-corrected chi connectivity index (χ0v) is 16.6. The van der Waals surface area contributed by atoms with Crippen LogP contribution in [0.2, 0.25) is 5.02 Å². The van der Waals surface area contributed by atoms with Crippen LogP contribution in [0.1, 0.15) is 34.3 Å². The van der Waals surface area contributed by atoms with Crippen LogP contribution in [0.15, 0.2) is 36.4 Å². The fourth-order valence-electron chi connectivity index (χ4n) is 3.48. The maximum atomic E-state index is 12.7. The van der Waals surface area contributed by atoms with Crippen LogP contribution in [0.4, 0.5) is 5.69 Å². The summed E-state index contributed by atoms with van der Waals surface area (Å²) in [5.74, 6) is 0.261. The highest BCUT2D eigenvalue weighted by molar-refractivity contribution is 6.33. The van der Waals surface area contributed by atoms with Crippen LogP contribution in [0, 0.1) is 6.92 Å². The number of nitrogens with one attached hydrogen (secondary N) is 1. The number of amides is 1. The number of carbonyl (C=O) groups is 1. The number of nitrogens with two attached hydrogens (primary N) is 1. The number of piperidine rings is 1. The molecule has 0 unspecified atom stereocenters. The molecule has 1 amide bonds. The Morgan fingerprint density at radius 2 is 2.04 bits per heavy atom. The van der Waals surface area contributed by atoms with Crippen LogP contribution >= 0.6 is 11.6 Å². The first-order valence-electron chi connectivity index (χ1n) is 9.18. The molecule has 27 heavy (non-hydrogen) atoms. The molecule has 5 nitrogen and oxygen atoms in total. The minimum Gasteiger partial charge on any atom is -0.496 e. The van der Waals surface area contributed by atoms with E-state index >= 15 is 0 Å². The Morgan fingerprint density at radius 3 is 2.70 bits per heavy atom. The molecule has 0 radical (unpaired) electrons. The van der Waals surface area contributed by atoms with Crippen molar-refractivity contribution in [3.63, 3.8) is 0 Å². The van der Waals surface area contributed by atoms with Crippen LogP contribution in [0.25, 0.3) is 0 Å². The van der Waals surface area contributed by atoms with E-state index in [-0.39, 0.29) is 11.9 Å². The van der Waals surface area contributed by atoms with Gasteiger partial charge in [0.1, 0.15) is 5.75 Å². The van der Waals surface area contributed by atoms with Crippen molar-refractivity contribution < 1.29 is 9.53 Å². The Labute approximate surface area is 165 Å². The SMILES string of the molecule is COc1cc(N)c(Cl)cc1C(=O)NC1CCN(Cc2cccc(C)c2)CC1. The summed E-state index contributed by atoms with van der Waals surface area (Å²) in [4.78, 5) is 15.1. The zero-order chi connectivity index (χ0) is 19.4. The number of benzene rings is 2. The van der Waals surface area contributed by atoms with Crippen molar-refractivity contribution in [1.29, 1.82) is 0 Å². The van der Waals surface area contributed by atoms with Gasteiger partial charge in [0.2, 0.25) is 0 Å². The number of methoxy groups -OCH3 is 1. The van der Waals surface area contributed by atoms with Crippen LogP contribution in [-0.4, -0.2) is 37.0 Å². The molecular weight excluding hydrogens is 362 g/mol.